The van der Waals surface area contributed by atoms with Gasteiger partial charge in [-0.05, 0) is 12.1 Å². The normalized spacial score (nSPS) is 10.4. The van der Waals surface area contributed by atoms with E-state index in [1.165, 1.54) is 17.8 Å². The predicted molar refractivity (Wildman–Crippen MR) is 64.8 cm³/mol. The first-order chi connectivity index (χ1) is 8.08. The summed E-state index contributed by atoms with van der Waals surface area (Å²) in [5, 5.41) is 14.9. The first-order valence-corrected chi connectivity index (χ1v) is 5.59. The van der Waals surface area contributed by atoms with Gasteiger partial charge in [0, 0.05) is 13.2 Å². The van der Waals surface area contributed by atoms with Gasteiger partial charge in [-0.15, -0.1) is 0 Å². The number of nitro benzene ring substituents is 1. The molecule has 0 spiro atoms. The fraction of sp³-hybridized carbons (Fsp3) is 0.100. The third kappa shape index (κ3) is 2.39. The Morgan fingerprint density at radius 2 is 2.29 bits per heavy atom. The third-order valence-corrected chi connectivity index (χ3v) is 3.12. The van der Waals surface area contributed by atoms with Crippen molar-refractivity contribution < 1.29 is 4.92 Å². The Morgan fingerprint density at radius 1 is 1.53 bits per heavy atom. The van der Waals surface area contributed by atoms with Crippen LogP contribution >= 0.6 is 11.8 Å². The number of nitrogens with zero attached hydrogens (tertiary/aromatic N) is 3. The van der Waals surface area contributed by atoms with Crippen LogP contribution in [0, 0.1) is 10.1 Å². The van der Waals surface area contributed by atoms with Crippen LogP contribution in [0.2, 0.25) is 0 Å². The molecule has 0 saturated carbocycles. The van der Waals surface area contributed by atoms with Crippen molar-refractivity contribution >= 4 is 23.1 Å². The molecule has 2 N–H and O–H groups in total. The number of hydrogen-bond donors (Lipinski definition) is 1. The molecule has 2 aromatic rings. The van der Waals surface area contributed by atoms with E-state index in [0.29, 0.717) is 4.90 Å². The van der Waals surface area contributed by atoms with E-state index in [-0.39, 0.29) is 11.4 Å². The van der Waals surface area contributed by atoms with Gasteiger partial charge in [0.1, 0.15) is 5.69 Å². The highest BCUT2D eigenvalue weighted by atomic mass is 32.2. The molecule has 7 heteroatoms. The fourth-order valence-corrected chi connectivity index (χ4v) is 2.39. The number of rotatable bonds is 3. The number of nitro groups is 1. The number of anilines is 1. The summed E-state index contributed by atoms with van der Waals surface area (Å²) in [6, 6.07) is 4.89. The van der Waals surface area contributed by atoms with Gasteiger partial charge in [0.15, 0.2) is 0 Å². The van der Waals surface area contributed by atoms with Crippen LogP contribution in [0.4, 0.5) is 11.4 Å². The summed E-state index contributed by atoms with van der Waals surface area (Å²) in [5.74, 6) is 0. The van der Waals surface area contributed by atoms with Crippen LogP contribution < -0.4 is 5.73 Å². The number of aromatic nitrogens is 2. The van der Waals surface area contributed by atoms with Crippen LogP contribution in [0.25, 0.3) is 0 Å². The molecule has 0 atom stereocenters. The predicted octanol–water partition coefficient (Wildman–Crippen LogP) is 2.06. The second kappa shape index (κ2) is 4.46. The SMILES string of the molecule is Cn1cc(Sc2cccc(N)c2[N+](=O)[O-])cn1. The molecule has 0 aliphatic rings. The van der Waals surface area contributed by atoms with Gasteiger partial charge in [-0.25, -0.2) is 0 Å². The zero-order chi connectivity index (χ0) is 12.4. The topological polar surface area (TPSA) is 87.0 Å². The second-order valence-electron chi connectivity index (χ2n) is 3.40. The summed E-state index contributed by atoms with van der Waals surface area (Å²) in [6.45, 7) is 0. The van der Waals surface area contributed by atoms with E-state index in [2.05, 4.69) is 5.10 Å². The lowest BCUT2D eigenvalue weighted by molar-refractivity contribution is -0.386. The molecule has 0 fully saturated rings. The Balaban J connectivity index is 2.39. The lowest BCUT2D eigenvalue weighted by Gasteiger charge is -2.02. The average molecular weight is 250 g/mol. The van der Waals surface area contributed by atoms with E-state index in [1.807, 2.05) is 0 Å². The average Bonchev–Trinajstić information content (AvgIpc) is 2.63. The standard InChI is InChI=1S/C10H10N4O2S/c1-13-6-7(5-12-13)17-9-4-2-3-8(11)10(9)14(15)16/h2-6H,11H2,1H3. The highest BCUT2D eigenvalue weighted by Gasteiger charge is 2.18. The van der Waals surface area contributed by atoms with Gasteiger partial charge in [0.05, 0.1) is 20.9 Å². The summed E-state index contributed by atoms with van der Waals surface area (Å²) in [4.78, 5) is 11.8. The Hall–Kier alpha value is -2.02. The number of aryl methyl sites for hydroxylation is 1. The molecule has 17 heavy (non-hydrogen) atoms. The maximum Gasteiger partial charge on any atom is 0.305 e. The molecule has 1 aromatic carbocycles. The van der Waals surface area contributed by atoms with Gasteiger partial charge in [0.2, 0.25) is 0 Å². The minimum Gasteiger partial charge on any atom is -0.393 e. The van der Waals surface area contributed by atoms with Crippen molar-refractivity contribution in [2.24, 2.45) is 7.05 Å². The van der Waals surface area contributed by atoms with E-state index in [4.69, 9.17) is 5.73 Å². The molecular weight excluding hydrogens is 240 g/mol. The molecule has 0 bridgehead atoms. The van der Waals surface area contributed by atoms with Gasteiger partial charge in [-0.2, -0.15) is 5.10 Å². The maximum absolute atomic E-state index is 10.9. The Kier molecular flexibility index (Phi) is 3.01. The van der Waals surface area contributed by atoms with E-state index in [9.17, 15) is 10.1 Å². The third-order valence-electron chi connectivity index (χ3n) is 2.12. The molecule has 0 radical (unpaired) electrons. The second-order valence-corrected chi connectivity index (χ2v) is 4.52. The van der Waals surface area contributed by atoms with Crippen molar-refractivity contribution in [3.8, 4) is 0 Å². The highest BCUT2D eigenvalue weighted by molar-refractivity contribution is 7.99. The van der Waals surface area contributed by atoms with Crippen molar-refractivity contribution in [3.63, 3.8) is 0 Å². The van der Waals surface area contributed by atoms with Crippen LogP contribution in [0.5, 0.6) is 0 Å². The number of hydrogen-bond acceptors (Lipinski definition) is 5. The first-order valence-electron chi connectivity index (χ1n) is 4.77. The van der Waals surface area contributed by atoms with Crippen molar-refractivity contribution in [2.75, 3.05) is 5.73 Å². The summed E-state index contributed by atoms with van der Waals surface area (Å²) in [6.07, 6.45) is 3.44. The number of nitrogen functional groups attached to an aromatic ring is 1. The van der Waals surface area contributed by atoms with Crippen LogP contribution in [0.15, 0.2) is 40.4 Å². The van der Waals surface area contributed by atoms with Crippen LogP contribution in [0.3, 0.4) is 0 Å². The summed E-state index contributed by atoms with van der Waals surface area (Å²) < 4.78 is 1.64. The van der Waals surface area contributed by atoms with Crippen LogP contribution in [0.1, 0.15) is 0 Å². The van der Waals surface area contributed by atoms with E-state index < -0.39 is 4.92 Å². The Morgan fingerprint density at radius 3 is 2.88 bits per heavy atom. The molecule has 0 unspecified atom stereocenters. The van der Waals surface area contributed by atoms with E-state index in [0.717, 1.165) is 4.90 Å². The van der Waals surface area contributed by atoms with E-state index >= 15 is 0 Å². The zero-order valence-electron chi connectivity index (χ0n) is 9.03. The summed E-state index contributed by atoms with van der Waals surface area (Å²) >= 11 is 1.27. The first kappa shape index (κ1) is 11.5. The van der Waals surface area contributed by atoms with Crippen molar-refractivity contribution in [1.29, 1.82) is 0 Å². The molecule has 6 nitrogen and oxygen atoms in total. The number of nitrogens with two attached hydrogens (primary N) is 1. The van der Waals surface area contributed by atoms with Gasteiger partial charge >= 0.3 is 5.69 Å². The lowest BCUT2D eigenvalue weighted by Crippen LogP contribution is -1.96. The van der Waals surface area contributed by atoms with E-state index in [1.54, 1.807) is 36.3 Å². The van der Waals surface area contributed by atoms with Gasteiger partial charge < -0.3 is 5.73 Å². The Labute approximate surface area is 102 Å². The Bertz CT molecular complexity index is 567. The van der Waals surface area contributed by atoms with Crippen LogP contribution in [-0.4, -0.2) is 14.7 Å². The molecule has 0 aliphatic carbocycles. The molecule has 0 aliphatic heterocycles. The number of para-hydroxylation sites is 1. The fourth-order valence-electron chi connectivity index (χ4n) is 1.40. The quantitative estimate of drug-likeness (QED) is 0.512. The van der Waals surface area contributed by atoms with Gasteiger partial charge in [-0.1, -0.05) is 17.8 Å². The molecule has 2 rings (SSSR count). The van der Waals surface area contributed by atoms with Crippen molar-refractivity contribution in [2.45, 2.75) is 9.79 Å². The molecule has 88 valence electrons. The molecular formula is C10H10N4O2S. The monoisotopic (exact) mass is 250 g/mol. The lowest BCUT2D eigenvalue weighted by atomic mass is 10.3. The summed E-state index contributed by atoms with van der Waals surface area (Å²) in [5.41, 5.74) is 5.72. The van der Waals surface area contributed by atoms with Crippen LogP contribution in [-0.2, 0) is 7.05 Å². The van der Waals surface area contributed by atoms with Gasteiger partial charge in [0.25, 0.3) is 0 Å². The largest absolute Gasteiger partial charge is 0.393 e. The molecule has 0 amide bonds. The van der Waals surface area contributed by atoms with Crippen molar-refractivity contribution in [3.05, 3.63) is 40.7 Å². The number of benzene rings is 1. The summed E-state index contributed by atoms with van der Waals surface area (Å²) in [7, 11) is 1.79. The van der Waals surface area contributed by atoms with Crippen molar-refractivity contribution in [1.82, 2.24) is 9.78 Å². The molecule has 1 heterocycles. The molecule has 0 saturated heterocycles. The minimum absolute atomic E-state index is 0.0543. The maximum atomic E-state index is 10.9. The smallest absolute Gasteiger partial charge is 0.305 e. The highest BCUT2D eigenvalue weighted by Crippen LogP contribution is 2.37. The minimum atomic E-state index is -0.464. The zero-order valence-corrected chi connectivity index (χ0v) is 9.85. The van der Waals surface area contributed by atoms with Gasteiger partial charge in [-0.3, -0.25) is 14.8 Å². The molecule has 1 aromatic heterocycles.